The van der Waals surface area contributed by atoms with Gasteiger partial charge in [-0.05, 0) is 67.3 Å². The number of fused-ring (bicyclic) bond motifs is 4. The number of esters is 1. The van der Waals surface area contributed by atoms with E-state index in [1.54, 1.807) is 10.6 Å². The Bertz CT molecular complexity index is 1870. The monoisotopic (exact) mass is 575 g/mol. The van der Waals surface area contributed by atoms with Crippen molar-refractivity contribution in [3.05, 3.63) is 84.8 Å². The van der Waals surface area contributed by atoms with Crippen LogP contribution < -0.4 is 4.90 Å². The number of rotatable bonds is 4. The third kappa shape index (κ3) is 4.74. The van der Waals surface area contributed by atoms with Gasteiger partial charge in [-0.25, -0.2) is 19.1 Å². The van der Waals surface area contributed by atoms with Crippen LogP contribution in [0.1, 0.15) is 37.6 Å². The van der Waals surface area contributed by atoms with Crippen LogP contribution >= 0.6 is 0 Å². The molecule has 0 spiro atoms. The quantitative estimate of drug-likeness (QED) is 0.236. The van der Waals surface area contributed by atoms with E-state index in [0.717, 1.165) is 57.3 Å². The maximum atomic E-state index is 12.6. The van der Waals surface area contributed by atoms with Crippen molar-refractivity contribution in [3.8, 4) is 22.3 Å². The van der Waals surface area contributed by atoms with Crippen molar-refractivity contribution in [2.75, 3.05) is 25.1 Å². The van der Waals surface area contributed by atoms with Crippen molar-refractivity contribution in [1.82, 2.24) is 19.5 Å². The molecule has 2 aliphatic rings. The number of carbonyl (C=O) groups is 2. The van der Waals surface area contributed by atoms with E-state index in [1.165, 1.54) is 7.11 Å². The van der Waals surface area contributed by atoms with Crippen LogP contribution in [0.2, 0.25) is 0 Å². The number of benzene rings is 3. The Morgan fingerprint density at radius 2 is 1.63 bits per heavy atom. The van der Waals surface area contributed by atoms with E-state index in [1.807, 2.05) is 74.6 Å². The van der Waals surface area contributed by atoms with E-state index in [0.29, 0.717) is 18.2 Å². The average molecular weight is 576 g/mol. The first kappa shape index (κ1) is 26.9. The zero-order valence-electron chi connectivity index (χ0n) is 24.7. The molecule has 9 heteroatoms. The van der Waals surface area contributed by atoms with Gasteiger partial charge in [0.2, 0.25) is 0 Å². The first-order valence-corrected chi connectivity index (χ1v) is 14.5. The van der Waals surface area contributed by atoms with Gasteiger partial charge in [0, 0.05) is 48.3 Å². The van der Waals surface area contributed by atoms with Gasteiger partial charge in [-0.15, -0.1) is 0 Å². The molecule has 7 rings (SSSR count). The molecule has 0 aliphatic carbocycles. The number of amides is 1. The second kappa shape index (κ2) is 10.1. The molecule has 2 bridgehead atoms. The van der Waals surface area contributed by atoms with E-state index in [4.69, 9.17) is 14.5 Å². The van der Waals surface area contributed by atoms with Crippen molar-refractivity contribution < 1.29 is 19.1 Å². The zero-order valence-corrected chi connectivity index (χ0v) is 24.7. The van der Waals surface area contributed by atoms with Gasteiger partial charge in [0.05, 0.1) is 24.9 Å². The highest BCUT2D eigenvalue weighted by molar-refractivity contribution is 6.09. The summed E-state index contributed by atoms with van der Waals surface area (Å²) in [4.78, 5) is 34.1. The van der Waals surface area contributed by atoms with E-state index in [-0.39, 0.29) is 18.1 Å². The van der Waals surface area contributed by atoms with Crippen LogP contribution in [0.15, 0.2) is 79.3 Å². The van der Waals surface area contributed by atoms with Crippen LogP contribution in [-0.4, -0.2) is 69.4 Å². The normalized spacial score (nSPS) is 18.0. The Hall–Kier alpha value is -4.92. The molecule has 0 saturated carbocycles. The topological polar surface area (TPSA) is 89.3 Å². The number of aromatic nitrogens is 3. The van der Waals surface area contributed by atoms with Crippen molar-refractivity contribution in [2.24, 2.45) is 0 Å². The van der Waals surface area contributed by atoms with Gasteiger partial charge in [0.25, 0.3) is 0 Å². The molecule has 2 saturated heterocycles. The first-order chi connectivity index (χ1) is 20.7. The molecular weight excluding hydrogens is 542 g/mol. The molecular formula is C34H33N5O4. The molecule has 2 aromatic heterocycles. The number of hydrogen-bond acceptors (Lipinski definition) is 7. The Morgan fingerprint density at radius 3 is 2.35 bits per heavy atom. The van der Waals surface area contributed by atoms with Crippen LogP contribution in [0, 0.1) is 0 Å². The number of carbonyl (C=O) groups excluding carboxylic acids is 2. The third-order valence-corrected chi connectivity index (χ3v) is 8.37. The predicted molar refractivity (Wildman–Crippen MR) is 165 cm³/mol. The van der Waals surface area contributed by atoms with Crippen LogP contribution in [0.4, 0.5) is 10.5 Å². The zero-order chi connectivity index (χ0) is 29.9. The minimum Gasteiger partial charge on any atom is -0.465 e. The summed E-state index contributed by atoms with van der Waals surface area (Å²) in [6.45, 7) is 7.20. The average Bonchev–Trinajstić information content (AvgIpc) is 3.74. The Balaban J connectivity index is 1.11. The molecule has 0 radical (unpaired) electrons. The highest BCUT2D eigenvalue weighted by Gasteiger charge is 2.46. The lowest BCUT2D eigenvalue weighted by molar-refractivity contribution is 0.0214. The van der Waals surface area contributed by atoms with Crippen molar-refractivity contribution in [1.29, 1.82) is 0 Å². The Kier molecular flexibility index (Phi) is 6.34. The van der Waals surface area contributed by atoms with Gasteiger partial charge in [-0.2, -0.15) is 5.10 Å². The number of nitrogens with zero attached hydrogens (tertiary/aromatic N) is 5. The number of anilines is 1. The molecule has 0 unspecified atom stereocenters. The molecule has 2 atom stereocenters. The standard InChI is InChI=1S/C34H33N5O4/c1-34(2,3)43-33(41)38-20-24-15-25(38)19-37(24)23-13-11-21(12-14-23)22-16-35-31-30(17-36-39(31)18-22)28-9-5-8-27-26(28)7-6-10-29(27)32(40)42-4/h5-14,16-18,24-25H,15,19-20H2,1-4H3/t24-,25-/m0/s1. The van der Waals surface area contributed by atoms with Crippen LogP contribution in [-0.2, 0) is 9.47 Å². The smallest absolute Gasteiger partial charge is 0.410 e. The first-order valence-electron chi connectivity index (χ1n) is 14.5. The van der Waals surface area contributed by atoms with E-state index < -0.39 is 5.60 Å². The van der Waals surface area contributed by atoms with Crippen molar-refractivity contribution in [2.45, 2.75) is 44.9 Å². The molecule has 9 nitrogen and oxygen atoms in total. The summed E-state index contributed by atoms with van der Waals surface area (Å²) in [6, 6.07) is 20.5. The van der Waals surface area contributed by atoms with Gasteiger partial charge < -0.3 is 19.3 Å². The number of piperazine rings is 1. The summed E-state index contributed by atoms with van der Waals surface area (Å²) >= 11 is 0. The van der Waals surface area contributed by atoms with Gasteiger partial charge >= 0.3 is 12.1 Å². The minimum absolute atomic E-state index is 0.175. The maximum Gasteiger partial charge on any atom is 0.410 e. The number of likely N-dealkylation sites (tertiary alicyclic amines) is 1. The third-order valence-electron chi connectivity index (χ3n) is 8.37. The van der Waals surface area contributed by atoms with E-state index in [9.17, 15) is 9.59 Å². The summed E-state index contributed by atoms with van der Waals surface area (Å²) in [5, 5.41) is 6.39. The molecule has 0 N–H and O–H groups in total. The minimum atomic E-state index is -0.490. The number of methoxy groups -OCH3 is 1. The summed E-state index contributed by atoms with van der Waals surface area (Å²) in [5.74, 6) is -0.364. The molecule has 3 aromatic carbocycles. The summed E-state index contributed by atoms with van der Waals surface area (Å²) in [6.07, 6.45) is 6.42. The highest BCUT2D eigenvalue weighted by Crippen LogP contribution is 2.37. The van der Waals surface area contributed by atoms with Gasteiger partial charge in [0.1, 0.15) is 5.60 Å². The van der Waals surface area contributed by atoms with Gasteiger partial charge in [0.15, 0.2) is 5.65 Å². The second-order valence-electron chi connectivity index (χ2n) is 12.2. The largest absolute Gasteiger partial charge is 0.465 e. The summed E-state index contributed by atoms with van der Waals surface area (Å²) < 4.78 is 12.4. The number of ether oxygens (including phenoxy) is 2. The lowest BCUT2D eigenvalue weighted by Gasteiger charge is -2.36. The SMILES string of the molecule is COC(=O)c1cccc2c(-c3cnn4cc(-c5ccc(N6C[C@@H]7C[C@H]6CN7C(=O)OC(C)(C)C)cc5)cnc34)cccc12. The molecule has 1 amide bonds. The Morgan fingerprint density at radius 1 is 0.860 bits per heavy atom. The fourth-order valence-electron chi connectivity index (χ4n) is 6.42. The summed E-state index contributed by atoms with van der Waals surface area (Å²) in [7, 11) is 1.39. The molecule has 5 aromatic rings. The van der Waals surface area contributed by atoms with Crippen LogP contribution in [0.3, 0.4) is 0 Å². The fraction of sp³-hybridized carbons (Fsp3) is 0.294. The molecule has 218 valence electrons. The summed E-state index contributed by atoms with van der Waals surface area (Å²) in [5.41, 5.74) is 5.76. The molecule has 4 heterocycles. The van der Waals surface area contributed by atoms with Crippen molar-refractivity contribution >= 4 is 34.2 Å². The fourth-order valence-corrected chi connectivity index (χ4v) is 6.42. The molecule has 43 heavy (non-hydrogen) atoms. The lowest BCUT2D eigenvalue weighted by Crippen LogP contribution is -2.50. The number of hydrogen-bond donors (Lipinski definition) is 0. The lowest BCUT2D eigenvalue weighted by atomic mass is 9.97. The highest BCUT2D eigenvalue weighted by atomic mass is 16.6. The second-order valence-corrected chi connectivity index (χ2v) is 12.2. The molecule has 2 aliphatic heterocycles. The maximum absolute atomic E-state index is 12.6. The van der Waals surface area contributed by atoms with Crippen LogP contribution in [0.5, 0.6) is 0 Å². The van der Waals surface area contributed by atoms with Crippen LogP contribution in [0.25, 0.3) is 38.7 Å². The van der Waals surface area contributed by atoms with E-state index >= 15 is 0 Å². The van der Waals surface area contributed by atoms with E-state index in [2.05, 4.69) is 34.3 Å². The van der Waals surface area contributed by atoms with Crippen molar-refractivity contribution in [3.63, 3.8) is 0 Å². The van der Waals surface area contributed by atoms with Gasteiger partial charge in [-0.3, -0.25) is 0 Å². The molecule has 2 fully saturated rings. The van der Waals surface area contributed by atoms with Gasteiger partial charge in [-0.1, -0.05) is 42.5 Å². The predicted octanol–water partition coefficient (Wildman–Crippen LogP) is 6.20. The Labute approximate surface area is 249 Å².